The molecule has 34 heavy (non-hydrogen) atoms. The fraction of sp³-hybridized carbons (Fsp3) is 0. The summed E-state index contributed by atoms with van der Waals surface area (Å²) in [6.07, 6.45) is 2.58. The largest absolute Gasteiger partial charge is 0.319 e. The number of nitrogens with zero attached hydrogens (tertiary/aromatic N) is 2. The van der Waals surface area contributed by atoms with Gasteiger partial charge in [0.2, 0.25) is 0 Å². The molecule has 0 saturated carbocycles. The van der Waals surface area contributed by atoms with Gasteiger partial charge in [-0.15, -0.1) is 0 Å². The van der Waals surface area contributed by atoms with Gasteiger partial charge < -0.3 is 10.6 Å². The lowest BCUT2D eigenvalue weighted by Crippen LogP contribution is -2.14. The van der Waals surface area contributed by atoms with Gasteiger partial charge in [0, 0.05) is 0 Å². The molecule has 8 heteroatoms. The molecule has 0 aliphatic rings. The smallest absolute Gasteiger partial charge is 0.266 e. The fourth-order valence-corrected chi connectivity index (χ4v) is 2.87. The van der Waals surface area contributed by atoms with E-state index in [1.54, 1.807) is 48.5 Å². The number of carbonyl (C=O) groups excluding carboxylic acids is 2. The van der Waals surface area contributed by atoms with Crippen LogP contribution in [0.1, 0.15) is 11.1 Å². The zero-order valence-corrected chi connectivity index (χ0v) is 17.5. The number of rotatable bonds is 6. The lowest BCUT2D eigenvalue weighted by atomic mass is 10.1. The summed E-state index contributed by atoms with van der Waals surface area (Å²) in [6, 6.07) is 21.0. The molecule has 0 radical (unpaired) electrons. The van der Waals surface area contributed by atoms with E-state index in [1.807, 2.05) is 0 Å². The van der Waals surface area contributed by atoms with Gasteiger partial charge in [-0.25, -0.2) is 8.78 Å². The molecule has 0 aliphatic carbocycles. The quantitative estimate of drug-likeness (QED) is 0.401. The molecule has 0 aliphatic heterocycles. The number of benzene rings is 3. The Labute approximate surface area is 194 Å². The summed E-state index contributed by atoms with van der Waals surface area (Å²) < 4.78 is 27.5. The molecule has 3 rings (SSSR count). The molecule has 0 unspecified atom stereocenters. The number of nitriles is 2. The van der Waals surface area contributed by atoms with Crippen LogP contribution < -0.4 is 10.6 Å². The van der Waals surface area contributed by atoms with Crippen molar-refractivity contribution in [3.63, 3.8) is 0 Å². The van der Waals surface area contributed by atoms with Crippen molar-refractivity contribution in [2.75, 3.05) is 10.6 Å². The molecule has 2 amide bonds. The van der Waals surface area contributed by atoms with Gasteiger partial charge >= 0.3 is 0 Å². The zero-order valence-electron chi connectivity index (χ0n) is 17.5. The highest BCUT2D eigenvalue weighted by Gasteiger charge is 2.13. The highest BCUT2D eigenvalue weighted by atomic mass is 19.1. The second kappa shape index (κ2) is 11.0. The summed E-state index contributed by atoms with van der Waals surface area (Å²) in [4.78, 5) is 24.8. The van der Waals surface area contributed by atoms with Crippen LogP contribution in [-0.2, 0) is 9.59 Å². The monoisotopic (exact) mass is 454 g/mol. The van der Waals surface area contributed by atoms with Gasteiger partial charge in [-0.3, -0.25) is 9.59 Å². The van der Waals surface area contributed by atoms with Crippen LogP contribution in [-0.4, -0.2) is 11.8 Å². The van der Waals surface area contributed by atoms with Crippen LogP contribution in [0, 0.1) is 34.3 Å². The van der Waals surface area contributed by atoms with Crippen molar-refractivity contribution in [1.82, 2.24) is 0 Å². The zero-order chi connectivity index (χ0) is 24.5. The summed E-state index contributed by atoms with van der Waals surface area (Å²) in [5, 5.41) is 23.4. The minimum absolute atomic E-state index is 0.0649. The lowest BCUT2D eigenvalue weighted by Gasteiger charge is -2.06. The van der Waals surface area contributed by atoms with Crippen LogP contribution in [0.2, 0.25) is 0 Å². The second-order valence-corrected chi connectivity index (χ2v) is 6.88. The van der Waals surface area contributed by atoms with Crippen LogP contribution in [0.15, 0.2) is 83.9 Å². The maximum absolute atomic E-state index is 13.8. The van der Waals surface area contributed by atoms with Gasteiger partial charge in [-0.05, 0) is 53.6 Å². The van der Waals surface area contributed by atoms with E-state index in [0.717, 1.165) is 0 Å². The predicted molar refractivity (Wildman–Crippen MR) is 124 cm³/mol. The number of hydrogen-bond donors (Lipinski definition) is 2. The first-order chi connectivity index (χ1) is 16.4. The molecular formula is C26H16F2N4O2. The van der Waals surface area contributed by atoms with Gasteiger partial charge in [0.05, 0.1) is 11.4 Å². The first kappa shape index (κ1) is 23.6. The van der Waals surface area contributed by atoms with Crippen molar-refractivity contribution < 1.29 is 18.4 Å². The summed E-state index contributed by atoms with van der Waals surface area (Å²) in [5.41, 5.74) is 0.181. The standard InChI is InChI=1S/C26H16F2N4O2/c27-21-8-1-3-10-23(21)31-25(33)19(15-29)13-17-6-5-7-18(12-17)14-20(16-30)26(34)32-24-11-4-2-9-22(24)28/h1-14H,(H,31,33)(H,32,34)/b19-13+,20-14+. The van der Waals surface area contributed by atoms with E-state index in [1.165, 1.54) is 48.6 Å². The predicted octanol–water partition coefficient (Wildman–Crippen LogP) is 5.06. The normalized spacial score (nSPS) is 11.2. The molecule has 166 valence electrons. The van der Waals surface area contributed by atoms with Gasteiger partial charge in [0.15, 0.2) is 0 Å². The summed E-state index contributed by atoms with van der Waals surface area (Å²) >= 11 is 0. The number of hydrogen-bond acceptors (Lipinski definition) is 4. The van der Waals surface area contributed by atoms with Crippen molar-refractivity contribution in [2.24, 2.45) is 0 Å². The van der Waals surface area contributed by atoms with Crippen LogP contribution in [0.25, 0.3) is 12.2 Å². The molecular weight excluding hydrogens is 438 g/mol. The molecule has 0 spiro atoms. The van der Waals surface area contributed by atoms with Crippen LogP contribution in [0.4, 0.5) is 20.2 Å². The van der Waals surface area contributed by atoms with E-state index in [2.05, 4.69) is 10.6 Å². The number of amides is 2. The molecule has 3 aromatic rings. The minimum Gasteiger partial charge on any atom is -0.319 e. The SMILES string of the molecule is N#C/C(=C\c1cccc(/C=C(\C#N)C(=O)Nc2ccccc2F)c1)C(=O)Nc1ccccc1F. The number of carbonyl (C=O) groups is 2. The average molecular weight is 454 g/mol. The Bertz CT molecular complexity index is 1300. The molecule has 0 atom stereocenters. The molecule has 0 aromatic heterocycles. The average Bonchev–Trinajstić information content (AvgIpc) is 2.84. The molecule has 0 heterocycles. The van der Waals surface area contributed by atoms with Crippen molar-refractivity contribution in [2.45, 2.75) is 0 Å². The van der Waals surface area contributed by atoms with Crippen LogP contribution in [0.5, 0.6) is 0 Å². The Morgan fingerprint density at radius 2 is 1.09 bits per heavy atom. The van der Waals surface area contributed by atoms with E-state index in [-0.39, 0.29) is 22.5 Å². The minimum atomic E-state index is -0.796. The van der Waals surface area contributed by atoms with E-state index < -0.39 is 23.4 Å². The Kier molecular flexibility index (Phi) is 7.62. The molecule has 3 aromatic carbocycles. The maximum atomic E-state index is 13.8. The maximum Gasteiger partial charge on any atom is 0.266 e. The Morgan fingerprint density at radius 1 is 0.676 bits per heavy atom. The summed E-state index contributed by atoms with van der Waals surface area (Å²) in [6.45, 7) is 0. The fourth-order valence-electron chi connectivity index (χ4n) is 2.87. The van der Waals surface area contributed by atoms with Gasteiger partial charge in [0.1, 0.15) is 34.9 Å². The Balaban J connectivity index is 1.82. The highest BCUT2D eigenvalue weighted by molar-refractivity contribution is 6.10. The van der Waals surface area contributed by atoms with Gasteiger partial charge in [-0.2, -0.15) is 10.5 Å². The van der Waals surface area contributed by atoms with E-state index in [0.29, 0.717) is 11.1 Å². The highest BCUT2D eigenvalue weighted by Crippen LogP contribution is 2.18. The molecule has 0 fully saturated rings. The number of para-hydroxylation sites is 2. The topological polar surface area (TPSA) is 106 Å². The Hall–Kier alpha value is -5.08. The summed E-state index contributed by atoms with van der Waals surface area (Å²) in [7, 11) is 0. The first-order valence-electron chi connectivity index (χ1n) is 9.86. The van der Waals surface area contributed by atoms with E-state index >= 15 is 0 Å². The second-order valence-electron chi connectivity index (χ2n) is 6.88. The van der Waals surface area contributed by atoms with Crippen molar-refractivity contribution in [1.29, 1.82) is 10.5 Å². The van der Waals surface area contributed by atoms with Crippen molar-refractivity contribution in [3.8, 4) is 12.1 Å². The Morgan fingerprint density at radius 3 is 1.47 bits per heavy atom. The third-order valence-corrected chi connectivity index (χ3v) is 4.51. The lowest BCUT2D eigenvalue weighted by molar-refractivity contribution is -0.113. The molecule has 6 nitrogen and oxygen atoms in total. The van der Waals surface area contributed by atoms with Crippen LogP contribution >= 0.6 is 0 Å². The van der Waals surface area contributed by atoms with E-state index in [4.69, 9.17) is 0 Å². The van der Waals surface area contributed by atoms with Gasteiger partial charge in [0.25, 0.3) is 11.8 Å². The van der Waals surface area contributed by atoms with E-state index in [9.17, 15) is 28.9 Å². The van der Waals surface area contributed by atoms with Crippen molar-refractivity contribution >= 4 is 35.3 Å². The summed E-state index contributed by atoms with van der Waals surface area (Å²) in [5.74, 6) is -2.87. The number of halogens is 2. The van der Waals surface area contributed by atoms with Crippen molar-refractivity contribution in [3.05, 3.63) is 107 Å². The van der Waals surface area contributed by atoms with Crippen LogP contribution in [0.3, 0.4) is 0 Å². The molecule has 0 saturated heterocycles. The first-order valence-corrected chi connectivity index (χ1v) is 9.86. The number of nitrogens with one attached hydrogen (secondary N) is 2. The van der Waals surface area contributed by atoms with Gasteiger partial charge in [-0.1, -0.05) is 42.5 Å². The molecule has 0 bridgehead atoms. The third-order valence-electron chi connectivity index (χ3n) is 4.51. The number of anilines is 2. The molecule has 2 N–H and O–H groups in total. The third kappa shape index (κ3) is 6.00.